The van der Waals surface area contributed by atoms with E-state index in [0.717, 1.165) is 30.4 Å². The number of rotatable bonds is 3. The van der Waals surface area contributed by atoms with Crippen LogP contribution in [0.2, 0.25) is 0 Å². The molecule has 0 spiro atoms. The molecule has 0 bridgehead atoms. The molecule has 2 heterocycles. The van der Waals surface area contributed by atoms with Gasteiger partial charge in [0.15, 0.2) is 0 Å². The molecule has 2 fully saturated rings. The second-order valence-electron chi connectivity index (χ2n) is 7.67. The summed E-state index contributed by atoms with van der Waals surface area (Å²) in [4.78, 5) is 29.0. The number of benzene rings is 1. The fourth-order valence-corrected chi connectivity index (χ4v) is 4.15. The Kier molecular flexibility index (Phi) is 5.45. The second kappa shape index (κ2) is 8.16. The molecular weight excluding hydrogens is 356 g/mol. The molecule has 0 atom stereocenters. The van der Waals surface area contributed by atoms with E-state index in [4.69, 9.17) is 0 Å². The van der Waals surface area contributed by atoms with E-state index in [9.17, 15) is 9.59 Å². The Hall–Kier alpha value is -2.64. The number of fused-ring (bicyclic) bond motifs is 1. The molecular formula is C20H28N6O2. The largest absolute Gasteiger partial charge is 0.335 e. The van der Waals surface area contributed by atoms with E-state index >= 15 is 0 Å². The molecule has 1 aromatic carbocycles. The van der Waals surface area contributed by atoms with Crippen molar-refractivity contribution < 1.29 is 9.59 Å². The van der Waals surface area contributed by atoms with Gasteiger partial charge in [0.2, 0.25) is 0 Å². The minimum Gasteiger partial charge on any atom is -0.335 e. The van der Waals surface area contributed by atoms with Crippen molar-refractivity contribution >= 4 is 23.0 Å². The molecule has 150 valence electrons. The first-order valence-electron chi connectivity index (χ1n) is 10.3. The highest BCUT2D eigenvalue weighted by Crippen LogP contribution is 2.18. The number of carbonyl (C=O) groups is 2. The summed E-state index contributed by atoms with van der Waals surface area (Å²) in [6, 6.07) is 5.86. The minimum absolute atomic E-state index is 0.0107. The van der Waals surface area contributed by atoms with Crippen LogP contribution in [-0.4, -0.2) is 69.0 Å². The van der Waals surface area contributed by atoms with Gasteiger partial charge in [-0.15, -0.1) is 5.10 Å². The Balaban J connectivity index is 1.34. The molecule has 8 heteroatoms. The summed E-state index contributed by atoms with van der Waals surface area (Å²) in [6.45, 7) is 5.00. The average molecular weight is 384 g/mol. The Morgan fingerprint density at radius 3 is 2.50 bits per heavy atom. The summed E-state index contributed by atoms with van der Waals surface area (Å²) in [5.74, 6) is -0.0136. The van der Waals surface area contributed by atoms with Crippen molar-refractivity contribution in [2.45, 2.75) is 51.6 Å². The van der Waals surface area contributed by atoms with E-state index < -0.39 is 0 Å². The van der Waals surface area contributed by atoms with E-state index in [1.54, 1.807) is 6.07 Å². The van der Waals surface area contributed by atoms with Crippen molar-refractivity contribution in [1.82, 2.24) is 30.1 Å². The highest BCUT2D eigenvalue weighted by Gasteiger charge is 2.26. The predicted molar refractivity (Wildman–Crippen MR) is 106 cm³/mol. The van der Waals surface area contributed by atoms with Crippen molar-refractivity contribution in [2.75, 3.05) is 26.2 Å². The van der Waals surface area contributed by atoms with Crippen molar-refractivity contribution in [3.8, 4) is 0 Å². The number of urea groups is 1. The zero-order valence-electron chi connectivity index (χ0n) is 16.4. The van der Waals surface area contributed by atoms with Gasteiger partial charge >= 0.3 is 6.03 Å². The molecule has 1 saturated heterocycles. The van der Waals surface area contributed by atoms with Gasteiger partial charge in [-0.1, -0.05) is 24.5 Å². The molecule has 2 aliphatic rings. The molecule has 0 unspecified atom stereocenters. The molecule has 3 amide bonds. The topological polar surface area (TPSA) is 83.4 Å². The van der Waals surface area contributed by atoms with Crippen LogP contribution < -0.4 is 5.32 Å². The quantitative estimate of drug-likeness (QED) is 0.880. The lowest BCUT2D eigenvalue weighted by Gasteiger charge is -2.36. The Bertz CT molecular complexity index is 849. The third kappa shape index (κ3) is 3.81. The average Bonchev–Trinajstić information content (AvgIpc) is 3.16. The maximum Gasteiger partial charge on any atom is 0.317 e. The van der Waals surface area contributed by atoms with Gasteiger partial charge in [-0.25, -0.2) is 9.48 Å². The molecule has 1 N–H and O–H groups in total. The number of nitrogens with zero attached hydrogens (tertiary/aromatic N) is 5. The van der Waals surface area contributed by atoms with Crippen LogP contribution in [0.15, 0.2) is 18.2 Å². The third-order valence-electron chi connectivity index (χ3n) is 5.85. The lowest BCUT2D eigenvalue weighted by atomic mass is 9.96. The van der Waals surface area contributed by atoms with E-state index in [1.807, 2.05) is 33.5 Å². The zero-order chi connectivity index (χ0) is 19.5. The molecule has 1 saturated carbocycles. The van der Waals surface area contributed by atoms with Gasteiger partial charge in [0.25, 0.3) is 5.91 Å². The molecule has 1 aromatic heterocycles. The monoisotopic (exact) mass is 384 g/mol. The van der Waals surface area contributed by atoms with Crippen molar-refractivity contribution in [3.63, 3.8) is 0 Å². The highest BCUT2D eigenvalue weighted by atomic mass is 16.2. The van der Waals surface area contributed by atoms with Crippen LogP contribution in [0.4, 0.5) is 4.79 Å². The molecule has 8 nitrogen and oxygen atoms in total. The molecule has 0 radical (unpaired) electrons. The zero-order valence-corrected chi connectivity index (χ0v) is 16.4. The fourth-order valence-electron chi connectivity index (χ4n) is 4.15. The third-order valence-corrected chi connectivity index (χ3v) is 5.85. The Morgan fingerprint density at radius 1 is 1.07 bits per heavy atom. The van der Waals surface area contributed by atoms with Gasteiger partial charge < -0.3 is 15.1 Å². The fraction of sp³-hybridized carbons (Fsp3) is 0.600. The van der Waals surface area contributed by atoms with Crippen molar-refractivity contribution in [3.05, 3.63) is 23.8 Å². The summed E-state index contributed by atoms with van der Waals surface area (Å²) in [7, 11) is 0. The van der Waals surface area contributed by atoms with Crippen LogP contribution in [0.25, 0.3) is 11.0 Å². The number of piperazine rings is 1. The van der Waals surface area contributed by atoms with Gasteiger partial charge in [-0.2, -0.15) is 0 Å². The predicted octanol–water partition coefficient (Wildman–Crippen LogP) is 2.25. The standard InChI is InChI=1S/C20H28N6O2/c1-2-26-18-9-8-15(14-17(18)22-23-26)19(27)24-10-12-25(13-11-24)20(28)21-16-6-4-3-5-7-16/h8-9,14,16H,2-7,10-13H2,1H3,(H,21,28). The number of hydrogen-bond donors (Lipinski definition) is 1. The van der Waals surface area contributed by atoms with Gasteiger partial charge in [0, 0.05) is 44.3 Å². The Morgan fingerprint density at radius 2 is 1.79 bits per heavy atom. The van der Waals surface area contributed by atoms with E-state index in [2.05, 4.69) is 15.6 Å². The summed E-state index contributed by atoms with van der Waals surface area (Å²) in [5.41, 5.74) is 2.29. The Labute approximate surface area is 164 Å². The van der Waals surface area contributed by atoms with Crippen LogP contribution in [0.1, 0.15) is 49.4 Å². The van der Waals surface area contributed by atoms with Crippen LogP contribution in [0.5, 0.6) is 0 Å². The number of nitrogens with one attached hydrogen (secondary N) is 1. The lowest BCUT2D eigenvalue weighted by molar-refractivity contribution is 0.0662. The van der Waals surface area contributed by atoms with Gasteiger partial charge in [-0.3, -0.25) is 4.79 Å². The number of amides is 3. The first-order chi connectivity index (χ1) is 13.7. The number of carbonyl (C=O) groups excluding carboxylic acids is 2. The number of aromatic nitrogens is 3. The number of aryl methyl sites for hydroxylation is 1. The van der Waals surface area contributed by atoms with E-state index in [-0.39, 0.29) is 11.9 Å². The normalized spacial score (nSPS) is 18.5. The SMILES string of the molecule is CCn1nnc2cc(C(=O)N3CCN(C(=O)NC4CCCCC4)CC3)ccc21. The summed E-state index contributed by atoms with van der Waals surface area (Å²) >= 11 is 0. The van der Waals surface area contributed by atoms with Gasteiger partial charge in [0.05, 0.1) is 5.52 Å². The van der Waals surface area contributed by atoms with Gasteiger partial charge in [-0.05, 0) is 38.0 Å². The molecule has 1 aliphatic heterocycles. The molecule has 2 aromatic rings. The van der Waals surface area contributed by atoms with E-state index in [0.29, 0.717) is 37.8 Å². The molecule has 4 rings (SSSR count). The smallest absolute Gasteiger partial charge is 0.317 e. The maximum atomic E-state index is 12.9. The number of hydrogen-bond acceptors (Lipinski definition) is 4. The van der Waals surface area contributed by atoms with Crippen LogP contribution >= 0.6 is 0 Å². The highest BCUT2D eigenvalue weighted by molar-refractivity contribution is 5.97. The van der Waals surface area contributed by atoms with Crippen LogP contribution in [0, 0.1) is 0 Å². The summed E-state index contributed by atoms with van der Waals surface area (Å²) < 4.78 is 1.81. The summed E-state index contributed by atoms with van der Waals surface area (Å²) in [6.07, 6.45) is 5.82. The first-order valence-corrected chi connectivity index (χ1v) is 10.3. The van der Waals surface area contributed by atoms with Crippen molar-refractivity contribution in [1.29, 1.82) is 0 Å². The summed E-state index contributed by atoms with van der Waals surface area (Å²) in [5, 5.41) is 11.4. The van der Waals surface area contributed by atoms with Crippen molar-refractivity contribution in [2.24, 2.45) is 0 Å². The lowest BCUT2D eigenvalue weighted by Crippen LogP contribution is -2.54. The van der Waals surface area contributed by atoms with E-state index in [1.165, 1.54) is 19.3 Å². The maximum absolute atomic E-state index is 12.9. The van der Waals surface area contributed by atoms with Crippen LogP contribution in [0.3, 0.4) is 0 Å². The first kappa shape index (κ1) is 18.7. The van der Waals surface area contributed by atoms with Crippen LogP contribution in [-0.2, 0) is 6.54 Å². The minimum atomic E-state index is -0.0136. The van der Waals surface area contributed by atoms with Gasteiger partial charge in [0.1, 0.15) is 5.52 Å². The molecule has 1 aliphatic carbocycles. The molecule has 28 heavy (non-hydrogen) atoms. The second-order valence-corrected chi connectivity index (χ2v) is 7.67.